The van der Waals surface area contributed by atoms with Crippen LogP contribution in [0, 0.1) is 11.6 Å². The van der Waals surface area contributed by atoms with Crippen molar-refractivity contribution in [3.8, 4) is 5.75 Å². The minimum atomic E-state index is -0.893. The van der Waals surface area contributed by atoms with Gasteiger partial charge in [0.15, 0.2) is 17.4 Å². The molecule has 10 heteroatoms. The van der Waals surface area contributed by atoms with Crippen molar-refractivity contribution in [3.63, 3.8) is 0 Å². The molecule has 1 aromatic carbocycles. The van der Waals surface area contributed by atoms with Gasteiger partial charge in [-0.1, -0.05) is 11.5 Å². The Labute approximate surface area is 117 Å². The van der Waals surface area contributed by atoms with E-state index in [1.807, 2.05) is 31.4 Å². The molecule has 0 atom stereocenters. The predicted molar refractivity (Wildman–Crippen MR) is 89.9 cm³/mol. The van der Waals surface area contributed by atoms with Gasteiger partial charge in [0.2, 0.25) is 0 Å². The first-order chi connectivity index (χ1) is 8.56. The number of ether oxygens (including phenoxy) is 1. The van der Waals surface area contributed by atoms with E-state index in [2.05, 4.69) is 5.32 Å². The van der Waals surface area contributed by atoms with Crippen LogP contribution in [0.1, 0.15) is 0 Å². The second-order valence-electron chi connectivity index (χ2n) is 6.53. The van der Waals surface area contributed by atoms with E-state index in [9.17, 15) is 8.78 Å². The van der Waals surface area contributed by atoms with Crippen molar-refractivity contribution in [1.82, 2.24) is 5.32 Å². The van der Waals surface area contributed by atoms with Crippen molar-refractivity contribution in [2.24, 2.45) is 0 Å². The van der Waals surface area contributed by atoms with Crippen LogP contribution in [0.3, 0.4) is 0 Å². The molecule has 1 N–H and O–H groups in total. The molecule has 0 spiro atoms. The molecule has 1 aliphatic heterocycles. The largest absolute Gasteiger partial charge is 0.487 e. The standard InChI is InChI=1S/C9H15B6F2NO/c10-2-1-3(11)6(5(17)4(2)16)19-7-8(12,13)18-9(7,14)15/h1,7,18H,10-15H2. The number of benzene rings is 1. The van der Waals surface area contributed by atoms with E-state index in [-0.39, 0.29) is 22.5 Å². The third-order valence-electron chi connectivity index (χ3n) is 3.72. The minimum absolute atomic E-state index is 0.0238. The van der Waals surface area contributed by atoms with E-state index in [1.165, 1.54) is 0 Å². The first kappa shape index (κ1) is 14.6. The van der Waals surface area contributed by atoms with Gasteiger partial charge in [0.25, 0.3) is 0 Å². The summed E-state index contributed by atoms with van der Waals surface area (Å²) in [5.74, 6) is -1.70. The first-order valence-electron chi connectivity index (χ1n) is 6.47. The lowest BCUT2D eigenvalue weighted by atomic mass is 9.38. The summed E-state index contributed by atoms with van der Waals surface area (Å²) in [7, 11) is 11.2. The topological polar surface area (TPSA) is 21.3 Å². The molecular formula is C9H15B6F2NO. The number of halogens is 2. The number of hydrogen-bond acceptors (Lipinski definition) is 2. The van der Waals surface area contributed by atoms with Gasteiger partial charge in [-0.3, -0.25) is 0 Å². The monoisotopic (exact) mass is 257 g/mol. The van der Waals surface area contributed by atoms with Gasteiger partial charge in [-0.25, -0.2) is 4.39 Å². The van der Waals surface area contributed by atoms with Crippen molar-refractivity contribution in [2.45, 2.75) is 16.8 Å². The normalized spacial score (nSPS) is 20.7. The highest BCUT2D eigenvalue weighted by molar-refractivity contribution is 6.49. The van der Waals surface area contributed by atoms with Crippen LogP contribution in [-0.4, -0.2) is 63.9 Å². The zero-order valence-electron chi connectivity index (χ0n) is 12.3. The molecule has 0 unspecified atom stereocenters. The Morgan fingerprint density at radius 2 is 1.53 bits per heavy atom. The third-order valence-corrected chi connectivity index (χ3v) is 3.72. The molecule has 0 radical (unpaired) electrons. The van der Waals surface area contributed by atoms with Crippen LogP contribution in [0.5, 0.6) is 5.75 Å². The molecule has 2 rings (SSSR count). The highest BCUT2D eigenvalue weighted by Gasteiger charge is 2.53. The molecule has 94 valence electrons. The zero-order valence-corrected chi connectivity index (χ0v) is 12.3. The molecule has 1 aliphatic rings. The summed E-state index contributed by atoms with van der Waals surface area (Å²) in [6.07, 6.45) is -0.213. The van der Waals surface area contributed by atoms with Crippen LogP contribution < -0.4 is 21.0 Å². The van der Waals surface area contributed by atoms with Gasteiger partial charge in [-0.05, 0) is 16.1 Å². The fourth-order valence-corrected chi connectivity index (χ4v) is 3.24. The van der Waals surface area contributed by atoms with Crippen molar-refractivity contribution in [2.75, 3.05) is 0 Å². The quantitative estimate of drug-likeness (QED) is 0.532. The molecule has 2 nitrogen and oxygen atoms in total. The van der Waals surface area contributed by atoms with Crippen LogP contribution in [0.15, 0.2) is 6.07 Å². The second kappa shape index (κ2) is 4.37. The minimum Gasteiger partial charge on any atom is -0.487 e. The van der Waals surface area contributed by atoms with Gasteiger partial charge in [0.1, 0.15) is 53.2 Å². The SMILES string of the molecule is Bc1cc(B)c(OC2C(B)(B)NC2(B)B)c(F)c1F. The maximum Gasteiger partial charge on any atom is 0.199 e. The van der Waals surface area contributed by atoms with Gasteiger partial charge in [0, 0.05) is 0 Å². The lowest BCUT2D eigenvalue weighted by molar-refractivity contribution is 0.0582. The Bertz CT molecular complexity index is 524. The maximum absolute atomic E-state index is 14.0. The van der Waals surface area contributed by atoms with Crippen LogP contribution in [0.4, 0.5) is 8.78 Å². The lowest BCUT2D eigenvalue weighted by Crippen LogP contribution is -2.86. The van der Waals surface area contributed by atoms with Gasteiger partial charge in [-0.2, -0.15) is 4.39 Å². The maximum atomic E-state index is 14.0. The fourth-order valence-electron chi connectivity index (χ4n) is 3.24. The van der Waals surface area contributed by atoms with E-state index >= 15 is 0 Å². The Morgan fingerprint density at radius 3 is 2.00 bits per heavy atom. The van der Waals surface area contributed by atoms with Crippen molar-refractivity contribution in [1.29, 1.82) is 0 Å². The molecule has 0 aromatic heterocycles. The van der Waals surface area contributed by atoms with E-state index in [0.29, 0.717) is 10.9 Å². The lowest BCUT2D eigenvalue weighted by Gasteiger charge is -2.59. The number of nitrogens with one attached hydrogen (secondary N) is 1. The molecule has 1 aromatic rings. The van der Waals surface area contributed by atoms with Gasteiger partial charge in [-0.15, -0.1) is 0 Å². The molecular weight excluding hydrogens is 241 g/mol. The molecule has 0 saturated carbocycles. The molecule has 0 aliphatic carbocycles. The summed E-state index contributed by atoms with van der Waals surface area (Å²) < 4.78 is 33.5. The Balaban J connectivity index is 2.37. The Hall–Kier alpha value is -0.770. The van der Waals surface area contributed by atoms with Gasteiger partial charge < -0.3 is 10.1 Å². The fraction of sp³-hybridized carbons (Fsp3) is 0.333. The first-order valence-corrected chi connectivity index (χ1v) is 6.47. The molecule has 1 saturated heterocycles. The predicted octanol–water partition coefficient (Wildman–Crippen LogP) is -6.33. The van der Waals surface area contributed by atoms with Crippen molar-refractivity contribution >= 4 is 58.0 Å². The average molecular weight is 256 g/mol. The molecule has 19 heavy (non-hydrogen) atoms. The molecule has 0 amide bonds. The summed E-state index contributed by atoms with van der Waals surface area (Å²) >= 11 is 0. The molecule has 1 heterocycles. The Kier molecular flexibility index (Phi) is 3.37. The van der Waals surface area contributed by atoms with Gasteiger partial charge >= 0.3 is 0 Å². The van der Waals surface area contributed by atoms with E-state index < -0.39 is 11.6 Å². The molecule has 1 fully saturated rings. The summed E-state index contributed by atoms with van der Waals surface area (Å²) in [5, 5.41) is 2.83. The second-order valence-corrected chi connectivity index (χ2v) is 6.53. The number of hydrogen-bond donors (Lipinski definition) is 1. The van der Waals surface area contributed by atoms with Crippen molar-refractivity contribution < 1.29 is 13.5 Å². The summed E-state index contributed by atoms with van der Waals surface area (Å²) in [6, 6.07) is 1.61. The summed E-state index contributed by atoms with van der Waals surface area (Å²) in [6.45, 7) is 0. The molecule has 0 bridgehead atoms. The van der Waals surface area contributed by atoms with E-state index in [4.69, 9.17) is 4.74 Å². The zero-order chi connectivity index (χ0) is 14.6. The third kappa shape index (κ3) is 2.35. The highest BCUT2D eigenvalue weighted by Crippen LogP contribution is 2.30. The van der Waals surface area contributed by atoms with E-state index in [1.54, 1.807) is 21.8 Å². The summed E-state index contributed by atoms with van der Waals surface area (Å²) in [5.41, 5.74) is 0.919. The van der Waals surface area contributed by atoms with Crippen LogP contribution >= 0.6 is 0 Å². The van der Waals surface area contributed by atoms with E-state index in [0.717, 1.165) is 0 Å². The van der Waals surface area contributed by atoms with Crippen LogP contribution in [-0.2, 0) is 0 Å². The summed E-state index contributed by atoms with van der Waals surface area (Å²) in [4.78, 5) is 0. The number of rotatable bonds is 2. The van der Waals surface area contributed by atoms with Crippen LogP contribution in [0.25, 0.3) is 0 Å². The highest BCUT2D eigenvalue weighted by atomic mass is 19.2. The van der Waals surface area contributed by atoms with Crippen molar-refractivity contribution in [3.05, 3.63) is 17.7 Å². The van der Waals surface area contributed by atoms with Gasteiger partial charge in [0.05, 0.1) is 0 Å². The average Bonchev–Trinajstić information content (AvgIpc) is 2.23. The smallest absolute Gasteiger partial charge is 0.199 e. The Morgan fingerprint density at radius 1 is 1.00 bits per heavy atom. The van der Waals surface area contributed by atoms with Crippen LogP contribution in [0.2, 0.25) is 0 Å².